The van der Waals surface area contributed by atoms with Crippen molar-refractivity contribution < 1.29 is 9.90 Å². The lowest BCUT2D eigenvalue weighted by molar-refractivity contribution is -0.138. The van der Waals surface area contributed by atoms with Crippen LogP contribution in [-0.4, -0.2) is 55.6 Å². The molecule has 1 aromatic rings. The van der Waals surface area contributed by atoms with Gasteiger partial charge in [-0.25, -0.2) is 0 Å². The number of nitrogens with zero attached hydrogens (tertiary/aromatic N) is 4. The van der Waals surface area contributed by atoms with Crippen LogP contribution in [0.25, 0.3) is 0 Å². The lowest BCUT2D eigenvalue weighted by atomic mass is 10.2. The Morgan fingerprint density at radius 2 is 2.35 bits per heavy atom. The third kappa shape index (κ3) is 2.78. The summed E-state index contributed by atoms with van der Waals surface area (Å²) in [5.41, 5.74) is 0. The first kappa shape index (κ1) is 12.4. The molecule has 7 heteroatoms. The molecule has 2 heterocycles. The van der Waals surface area contributed by atoms with Crippen molar-refractivity contribution >= 4 is 17.7 Å². The molecule has 0 aliphatic carbocycles. The summed E-state index contributed by atoms with van der Waals surface area (Å²) in [7, 11) is 0. The first-order chi connectivity index (χ1) is 8.08. The largest absolute Gasteiger partial charge is 0.389 e. The van der Waals surface area contributed by atoms with Crippen LogP contribution < -0.4 is 0 Å². The number of rotatable bonds is 4. The van der Waals surface area contributed by atoms with E-state index in [1.807, 2.05) is 18.4 Å². The number of aliphatic hydroxyl groups excluding tert-OH is 1. The second-order valence-electron chi connectivity index (χ2n) is 4.36. The number of likely N-dealkylation sites (tertiary alicyclic amines) is 1. The van der Waals surface area contributed by atoms with E-state index in [1.54, 1.807) is 11.2 Å². The van der Waals surface area contributed by atoms with Crippen LogP contribution in [0.2, 0.25) is 0 Å². The van der Waals surface area contributed by atoms with Gasteiger partial charge < -0.3 is 14.6 Å². The standard InChI is InChI=1S/C10H16N4O2S/c1-7(2)14-6-11-12-10(14)17-5-9(16)13-3-8(15)4-13/h6-8,15H,3-5H2,1-2H3. The van der Waals surface area contributed by atoms with Gasteiger partial charge in [0.2, 0.25) is 5.91 Å². The van der Waals surface area contributed by atoms with Gasteiger partial charge in [0.1, 0.15) is 6.33 Å². The summed E-state index contributed by atoms with van der Waals surface area (Å²) in [6, 6.07) is 0.286. The van der Waals surface area contributed by atoms with Crippen LogP contribution in [0.4, 0.5) is 0 Å². The molecule has 0 radical (unpaired) electrons. The quantitative estimate of drug-likeness (QED) is 0.777. The van der Waals surface area contributed by atoms with Crippen molar-refractivity contribution in [1.82, 2.24) is 19.7 Å². The van der Waals surface area contributed by atoms with Crippen LogP contribution in [-0.2, 0) is 4.79 Å². The van der Waals surface area contributed by atoms with Crippen LogP contribution in [0, 0.1) is 0 Å². The number of aromatic nitrogens is 3. The number of β-amino-alcohol motifs (C(OH)–C–C–N with tert-alkyl or cyclic N) is 1. The fourth-order valence-corrected chi connectivity index (χ4v) is 2.51. The number of carbonyl (C=O) groups excluding carboxylic acids is 1. The molecule has 0 unspecified atom stereocenters. The Kier molecular flexibility index (Phi) is 3.68. The molecule has 0 spiro atoms. The monoisotopic (exact) mass is 256 g/mol. The topological polar surface area (TPSA) is 71.2 Å². The summed E-state index contributed by atoms with van der Waals surface area (Å²) < 4.78 is 1.93. The Morgan fingerprint density at radius 1 is 1.65 bits per heavy atom. The molecule has 1 aliphatic rings. The Hall–Kier alpha value is -1.08. The van der Waals surface area contributed by atoms with Gasteiger partial charge in [0, 0.05) is 19.1 Å². The molecule has 0 atom stereocenters. The van der Waals surface area contributed by atoms with Crippen molar-refractivity contribution in [1.29, 1.82) is 0 Å². The SMILES string of the molecule is CC(C)n1cnnc1SCC(=O)N1CC(O)C1. The number of hydrogen-bond acceptors (Lipinski definition) is 5. The van der Waals surface area contributed by atoms with Crippen LogP contribution in [0.3, 0.4) is 0 Å². The second-order valence-corrected chi connectivity index (χ2v) is 5.30. The van der Waals surface area contributed by atoms with Crippen LogP contribution in [0.15, 0.2) is 11.5 Å². The summed E-state index contributed by atoms with van der Waals surface area (Å²) in [5, 5.41) is 17.7. The molecular weight excluding hydrogens is 240 g/mol. The number of thioether (sulfide) groups is 1. The Labute approximate surface area is 104 Å². The van der Waals surface area contributed by atoms with Gasteiger partial charge in [-0.15, -0.1) is 10.2 Å². The highest BCUT2D eigenvalue weighted by Crippen LogP contribution is 2.20. The maximum absolute atomic E-state index is 11.7. The lowest BCUT2D eigenvalue weighted by Crippen LogP contribution is -2.54. The number of amides is 1. The van der Waals surface area contributed by atoms with Crippen molar-refractivity contribution in [2.24, 2.45) is 0 Å². The van der Waals surface area contributed by atoms with E-state index in [2.05, 4.69) is 10.2 Å². The predicted molar refractivity (Wildman–Crippen MR) is 63.7 cm³/mol. The van der Waals surface area contributed by atoms with E-state index in [0.29, 0.717) is 18.8 Å². The van der Waals surface area contributed by atoms with Crippen molar-refractivity contribution in [3.05, 3.63) is 6.33 Å². The van der Waals surface area contributed by atoms with Gasteiger partial charge in [0.15, 0.2) is 5.16 Å². The molecule has 0 aromatic carbocycles. The lowest BCUT2D eigenvalue weighted by Gasteiger charge is -2.35. The van der Waals surface area contributed by atoms with Gasteiger partial charge in [-0.1, -0.05) is 11.8 Å². The number of carbonyl (C=O) groups is 1. The van der Waals surface area contributed by atoms with Crippen LogP contribution in [0.5, 0.6) is 0 Å². The minimum Gasteiger partial charge on any atom is -0.389 e. The van der Waals surface area contributed by atoms with Crippen molar-refractivity contribution in [2.75, 3.05) is 18.8 Å². The van der Waals surface area contributed by atoms with E-state index in [4.69, 9.17) is 5.11 Å². The molecule has 6 nitrogen and oxygen atoms in total. The van der Waals surface area contributed by atoms with Gasteiger partial charge in [-0.05, 0) is 13.8 Å². The molecule has 17 heavy (non-hydrogen) atoms. The third-order valence-electron chi connectivity index (χ3n) is 2.64. The highest BCUT2D eigenvalue weighted by molar-refractivity contribution is 7.99. The Morgan fingerprint density at radius 3 is 2.94 bits per heavy atom. The summed E-state index contributed by atoms with van der Waals surface area (Å²) in [6.07, 6.45) is 1.33. The Balaban J connectivity index is 1.85. The van der Waals surface area contributed by atoms with Gasteiger partial charge >= 0.3 is 0 Å². The minimum atomic E-state index is -0.344. The van der Waals surface area contributed by atoms with Crippen molar-refractivity contribution in [2.45, 2.75) is 31.1 Å². The van der Waals surface area contributed by atoms with E-state index < -0.39 is 0 Å². The zero-order valence-corrected chi connectivity index (χ0v) is 10.7. The smallest absolute Gasteiger partial charge is 0.233 e. The fourth-order valence-electron chi connectivity index (χ4n) is 1.57. The molecule has 1 N–H and O–H groups in total. The summed E-state index contributed by atoms with van der Waals surface area (Å²) in [6.45, 7) is 4.99. The highest BCUT2D eigenvalue weighted by Gasteiger charge is 2.28. The average Bonchev–Trinajstić information content (AvgIpc) is 2.69. The maximum atomic E-state index is 11.7. The second kappa shape index (κ2) is 5.05. The van der Waals surface area contributed by atoms with Gasteiger partial charge in [-0.2, -0.15) is 0 Å². The molecule has 0 saturated carbocycles. The molecule has 0 bridgehead atoms. The van der Waals surface area contributed by atoms with E-state index >= 15 is 0 Å². The Bertz CT molecular complexity index is 401. The fraction of sp³-hybridized carbons (Fsp3) is 0.700. The van der Waals surface area contributed by atoms with Gasteiger partial charge in [0.25, 0.3) is 0 Å². The van der Waals surface area contributed by atoms with Crippen LogP contribution in [0.1, 0.15) is 19.9 Å². The number of aliphatic hydroxyl groups is 1. The van der Waals surface area contributed by atoms with E-state index in [0.717, 1.165) is 5.16 Å². The van der Waals surface area contributed by atoms with E-state index in [-0.39, 0.29) is 18.1 Å². The van der Waals surface area contributed by atoms with Crippen LogP contribution >= 0.6 is 11.8 Å². The molecule has 1 amide bonds. The summed E-state index contributed by atoms with van der Waals surface area (Å²) >= 11 is 1.39. The molecule has 1 fully saturated rings. The minimum absolute atomic E-state index is 0.0404. The third-order valence-corrected chi connectivity index (χ3v) is 3.58. The first-order valence-electron chi connectivity index (χ1n) is 5.56. The normalized spacial score (nSPS) is 16.4. The van der Waals surface area contributed by atoms with E-state index in [1.165, 1.54) is 11.8 Å². The number of hydrogen-bond donors (Lipinski definition) is 1. The zero-order chi connectivity index (χ0) is 12.4. The molecular formula is C10H16N4O2S. The van der Waals surface area contributed by atoms with Crippen molar-refractivity contribution in [3.8, 4) is 0 Å². The van der Waals surface area contributed by atoms with Gasteiger partial charge in [-0.3, -0.25) is 4.79 Å². The molecule has 2 rings (SSSR count). The molecule has 1 saturated heterocycles. The molecule has 1 aliphatic heterocycles. The molecule has 1 aromatic heterocycles. The average molecular weight is 256 g/mol. The van der Waals surface area contributed by atoms with E-state index in [9.17, 15) is 4.79 Å². The molecule has 94 valence electrons. The van der Waals surface area contributed by atoms with Gasteiger partial charge in [0.05, 0.1) is 11.9 Å². The first-order valence-corrected chi connectivity index (χ1v) is 6.54. The highest BCUT2D eigenvalue weighted by atomic mass is 32.2. The zero-order valence-electron chi connectivity index (χ0n) is 9.91. The summed E-state index contributed by atoms with van der Waals surface area (Å²) in [4.78, 5) is 13.3. The van der Waals surface area contributed by atoms with Crippen molar-refractivity contribution in [3.63, 3.8) is 0 Å². The summed E-state index contributed by atoms with van der Waals surface area (Å²) in [5.74, 6) is 0.386. The predicted octanol–water partition coefficient (Wildman–Crippen LogP) is 0.154. The maximum Gasteiger partial charge on any atom is 0.233 e.